The first-order valence-corrected chi connectivity index (χ1v) is 5.82. The van der Waals surface area contributed by atoms with Crippen molar-refractivity contribution in [3.05, 3.63) is 61.6 Å². The fraction of sp³-hybridized carbons (Fsp3) is 0.143. The standard InChI is InChI=1S/C14H11N3O2/c1-17(2)9-5-3-8(4-6-9)12-11-10(13(18)16-12)7-15-14(11)19/h3-7H,1-2H3. The summed E-state index contributed by atoms with van der Waals surface area (Å²) in [6, 6.07) is 7.54. The minimum absolute atomic E-state index is 0.302. The van der Waals surface area contributed by atoms with Gasteiger partial charge in [-0.05, 0) is 12.1 Å². The number of aromatic nitrogens is 2. The zero-order chi connectivity index (χ0) is 13.6. The molecule has 1 aromatic rings. The number of nitrogens with zero attached hydrogens (tertiary/aromatic N) is 3. The molecule has 0 fully saturated rings. The summed E-state index contributed by atoms with van der Waals surface area (Å²) in [5, 5.41) is 0.624. The molecule has 2 aliphatic heterocycles. The van der Waals surface area contributed by atoms with E-state index in [1.165, 1.54) is 6.20 Å². The Bertz CT molecular complexity index is 873. The third-order valence-electron chi connectivity index (χ3n) is 3.13. The van der Waals surface area contributed by atoms with Crippen LogP contribution < -0.4 is 16.0 Å². The molecule has 0 saturated carbocycles. The number of hydrogen-bond acceptors (Lipinski definition) is 5. The van der Waals surface area contributed by atoms with E-state index in [4.69, 9.17) is 0 Å². The lowest BCUT2D eigenvalue weighted by atomic mass is 10.1. The highest BCUT2D eigenvalue weighted by atomic mass is 16.1. The predicted octanol–water partition coefficient (Wildman–Crippen LogP) is 0.530. The molecule has 0 bridgehead atoms. The van der Waals surface area contributed by atoms with Crippen LogP contribution in [0.5, 0.6) is 0 Å². The van der Waals surface area contributed by atoms with Crippen LogP contribution in [0.1, 0.15) is 0 Å². The van der Waals surface area contributed by atoms with Crippen LogP contribution in [-0.2, 0) is 0 Å². The van der Waals surface area contributed by atoms with Crippen molar-refractivity contribution in [3.8, 4) is 11.3 Å². The van der Waals surface area contributed by atoms with Crippen molar-refractivity contribution in [2.45, 2.75) is 0 Å². The summed E-state index contributed by atoms with van der Waals surface area (Å²) in [5.74, 6) is 0. The average Bonchev–Trinajstić information content (AvgIpc) is 2.92. The van der Waals surface area contributed by atoms with Crippen molar-refractivity contribution in [1.82, 2.24) is 9.97 Å². The maximum Gasteiger partial charge on any atom is 0.280 e. The second-order valence-corrected chi connectivity index (χ2v) is 4.56. The van der Waals surface area contributed by atoms with E-state index in [1.54, 1.807) is 0 Å². The maximum atomic E-state index is 11.7. The van der Waals surface area contributed by atoms with Gasteiger partial charge in [-0.25, -0.2) is 9.97 Å². The first kappa shape index (κ1) is 11.5. The second-order valence-electron chi connectivity index (χ2n) is 4.56. The van der Waals surface area contributed by atoms with E-state index in [0.29, 0.717) is 16.1 Å². The van der Waals surface area contributed by atoms with Crippen LogP contribution in [0.2, 0.25) is 0 Å². The third-order valence-corrected chi connectivity index (χ3v) is 3.13. The summed E-state index contributed by atoms with van der Waals surface area (Å²) < 4.78 is 0. The molecule has 0 saturated heterocycles. The quantitative estimate of drug-likeness (QED) is 0.666. The number of anilines is 1. The fourth-order valence-corrected chi connectivity index (χ4v) is 2.10. The van der Waals surface area contributed by atoms with E-state index in [9.17, 15) is 9.59 Å². The van der Waals surface area contributed by atoms with Gasteiger partial charge in [0.05, 0.1) is 16.1 Å². The van der Waals surface area contributed by atoms with Crippen LogP contribution in [0.3, 0.4) is 0 Å². The molecule has 0 aromatic heterocycles. The Morgan fingerprint density at radius 3 is 2.32 bits per heavy atom. The molecular formula is C14H11N3O2. The third kappa shape index (κ3) is 1.71. The number of rotatable bonds is 2. The summed E-state index contributed by atoms with van der Waals surface area (Å²) in [6.45, 7) is 0. The molecule has 3 rings (SSSR count). The van der Waals surface area contributed by atoms with Crippen molar-refractivity contribution in [2.24, 2.45) is 0 Å². The molecule has 0 spiro atoms. The second kappa shape index (κ2) is 3.98. The molecule has 2 aliphatic rings. The lowest BCUT2D eigenvalue weighted by Crippen LogP contribution is -2.08. The van der Waals surface area contributed by atoms with Crippen LogP contribution in [0, 0.1) is 10.4 Å². The molecule has 94 valence electrons. The van der Waals surface area contributed by atoms with E-state index in [1.807, 2.05) is 43.3 Å². The summed E-state index contributed by atoms with van der Waals surface area (Å²) in [4.78, 5) is 32.9. The predicted molar refractivity (Wildman–Crippen MR) is 72.0 cm³/mol. The minimum atomic E-state index is -0.392. The largest absolute Gasteiger partial charge is 0.378 e. The Hall–Kier alpha value is -2.56. The van der Waals surface area contributed by atoms with E-state index >= 15 is 0 Å². The van der Waals surface area contributed by atoms with Gasteiger partial charge >= 0.3 is 0 Å². The summed E-state index contributed by atoms with van der Waals surface area (Å²) in [5.41, 5.74) is 1.43. The molecule has 5 nitrogen and oxygen atoms in total. The highest BCUT2D eigenvalue weighted by Crippen LogP contribution is 2.20. The molecule has 1 aromatic carbocycles. The minimum Gasteiger partial charge on any atom is -0.378 e. The molecule has 0 amide bonds. The molecular weight excluding hydrogens is 242 g/mol. The molecule has 19 heavy (non-hydrogen) atoms. The van der Waals surface area contributed by atoms with E-state index < -0.39 is 11.1 Å². The van der Waals surface area contributed by atoms with Crippen molar-refractivity contribution >= 4 is 5.69 Å². The normalized spacial score (nSPS) is 11.1. The summed E-state index contributed by atoms with van der Waals surface area (Å²) in [6.07, 6.45) is 1.30. The monoisotopic (exact) mass is 253 g/mol. The van der Waals surface area contributed by atoms with Gasteiger partial charge in [-0.1, -0.05) is 12.1 Å². The SMILES string of the molecule is CN(C)c1ccc(-c2nc(=O)c3cnc(=O)c2=3)cc1. The van der Waals surface area contributed by atoms with Crippen LogP contribution in [-0.4, -0.2) is 24.1 Å². The first-order chi connectivity index (χ1) is 9.08. The van der Waals surface area contributed by atoms with Crippen molar-refractivity contribution in [2.75, 3.05) is 19.0 Å². The first-order valence-electron chi connectivity index (χ1n) is 5.82. The molecule has 0 unspecified atom stereocenters. The Labute approximate surface area is 108 Å². The Kier molecular flexibility index (Phi) is 2.41. The summed E-state index contributed by atoms with van der Waals surface area (Å²) >= 11 is 0. The van der Waals surface area contributed by atoms with Crippen LogP contribution in [0.15, 0.2) is 40.1 Å². The zero-order valence-electron chi connectivity index (χ0n) is 10.5. The van der Waals surface area contributed by atoms with Crippen LogP contribution in [0.25, 0.3) is 11.3 Å². The van der Waals surface area contributed by atoms with Crippen molar-refractivity contribution in [1.29, 1.82) is 0 Å². The average molecular weight is 253 g/mol. The lowest BCUT2D eigenvalue weighted by molar-refractivity contribution is 1.13. The van der Waals surface area contributed by atoms with Gasteiger partial charge in [-0.2, -0.15) is 0 Å². The fourth-order valence-electron chi connectivity index (χ4n) is 2.10. The van der Waals surface area contributed by atoms with Gasteiger partial charge in [0.15, 0.2) is 0 Å². The Morgan fingerprint density at radius 2 is 1.68 bits per heavy atom. The molecule has 2 heterocycles. The highest BCUT2D eigenvalue weighted by molar-refractivity contribution is 5.64. The maximum absolute atomic E-state index is 11.7. The highest BCUT2D eigenvalue weighted by Gasteiger charge is 2.13. The lowest BCUT2D eigenvalue weighted by Gasteiger charge is -2.12. The van der Waals surface area contributed by atoms with Gasteiger partial charge in [-0.3, -0.25) is 9.59 Å². The van der Waals surface area contributed by atoms with Gasteiger partial charge in [0.1, 0.15) is 0 Å². The van der Waals surface area contributed by atoms with Gasteiger partial charge in [0.25, 0.3) is 11.1 Å². The molecule has 0 aliphatic carbocycles. The van der Waals surface area contributed by atoms with Crippen LogP contribution >= 0.6 is 0 Å². The van der Waals surface area contributed by atoms with Gasteiger partial charge in [0.2, 0.25) is 0 Å². The Morgan fingerprint density at radius 1 is 1.00 bits per heavy atom. The molecule has 0 atom stereocenters. The van der Waals surface area contributed by atoms with E-state index in [0.717, 1.165) is 11.3 Å². The van der Waals surface area contributed by atoms with Crippen molar-refractivity contribution in [3.63, 3.8) is 0 Å². The number of benzene rings is 1. The molecule has 0 N–H and O–H groups in total. The van der Waals surface area contributed by atoms with E-state index in [-0.39, 0.29) is 0 Å². The van der Waals surface area contributed by atoms with Gasteiger partial charge < -0.3 is 4.90 Å². The van der Waals surface area contributed by atoms with Crippen molar-refractivity contribution < 1.29 is 0 Å². The smallest absolute Gasteiger partial charge is 0.280 e. The van der Waals surface area contributed by atoms with E-state index in [2.05, 4.69) is 9.97 Å². The van der Waals surface area contributed by atoms with Gasteiger partial charge in [0, 0.05) is 31.5 Å². The zero-order valence-corrected chi connectivity index (χ0v) is 10.5. The topological polar surface area (TPSA) is 63.2 Å². The molecule has 5 heteroatoms. The van der Waals surface area contributed by atoms with Gasteiger partial charge in [-0.15, -0.1) is 0 Å². The van der Waals surface area contributed by atoms with Crippen LogP contribution in [0.4, 0.5) is 5.69 Å². The molecule has 0 radical (unpaired) electrons. The Balaban J connectivity index is 2.24. The summed E-state index contributed by atoms with van der Waals surface area (Å²) in [7, 11) is 3.89. The number of hydrogen-bond donors (Lipinski definition) is 0.